The highest BCUT2D eigenvalue weighted by molar-refractivity contribution is 5.97. The van der Waals surface area contributed by atoms with E-state index in [2.05, 4.69) is 22.3 Å². The first-order valence-electron chi connectivity index (χ1n) is 9.66. The predicted octanol–water partition coefficient (Wildman–Crippen LogP) is 2.06. The molecule has 0 radical (unpaired) electrons. The molecule has 1 saturated heterocycles. The lowest BCUT2D eigenvalue weighted by atomic mass is 10.2. The highest BCUT2D eigenvalue weighted by Gasteiger charge is 2.22. The van der Waals surface area contributed by atoms with Crippen LogP contribution in [0.25, 0.3) is 0 Å². The van der Waals surface area contributed by atoms with Crippen molar-refractivity contribution in [3.8, 4) is 11.5 Å². The molecule has 0 spiro atoms. The number of para-hydroxylation sites is 1. The second-order valence-electron chi connectivity index (χ2n) is 6.85. The summed E-state index contributed by atoms with van der Waals surface area (Å²) in [5, 5.41) is 2.80. The second kappa shape index (κ2) is 9.82. The quantitative estimate of drug-likeness (QED) is 0.724. The van der Waals surface area contributed by atoms with Crippen molar-refractivity contribution in [1.29, 1.82) is 0 Å². The molecule has 0 atom stereocenters. The van der Waals surface area contributed by atoms with Gasteiger partial charge in [-0.1, -0.05) is 24.3 Å². The molecular formula is C22H27N3O4. The van der Waals surface area contributed by atoms with E-state index in [-0.39, 0.29) is 18.2 Å². The third kappa shape index (κ3) is 5.40. The maximum atomic E-state index is 12.5. The molecule has 0 aliphatic carbocycles. The van der Waals surface area contributed by atoms with Gasteiger partial charge >= 0.3 is 0 Å². The van der Waals surface area contributed by atoms with Crippen molar-refractivity contribution in [2.24, 2.45) is 0 Å². The molecule has 1 N–H and O–H groups in total. The number of rotatable bonds is 7. The van der Waals surface area contributed by atoms with E-state index in [4.69, 9.17) is 9.47 Å². The van der Waals surface area contributed by atoms with Gasteiger partial charge in [0.25, 0.3) is 0 Å². The van der Waals surface area contributed by atoms with Crippen LogP contribution in [-0.4, -0.2) is 57.1 Å². The van der Waals surface area contributed by atoms with Crippen LogP contribution in [0.15, 0.2) is 48.5 Å². The number of nitrogens with one attached hydrogen (secondary N) is 1. The van der Waals surface area contributed by atoms with E-state index in [9.17, 15) is 9.59 Å². The molecule has 7 nitrogen and oxygen atoms in total. The first kappa shape index (κ1) is 20.5. The summed E-state index contributed by atoms with van der Waals surface area (Å²) in [6.45, 7) is 3.10. The molecule has 1 aliphatic rings. The Morgan fingerprint density at radius 2 is 1.62 bits per heavy atom. The molecule has 0 aromatic heterocycles. The van der Waals surface area contributed by atoms with Gasteiger partial charge in [0.05, 0.1) is 14.2 Å². The van der Waals surface area contributed by atoms with Crippen molar-refractivity contribution in [2.45, 2.75) is 13.0 Å². The first-order valence-corrected chi connectivity index (χ1v) is 9.66. The second-order valence-corrected chi connectivity index (χ2v) is 6.85. The number of methoxy groups -OCH3 is 2. The molecule has 2 amide bonds. The van der Waals surface area contributed by atoms with Gasteiger partial charge in [-0.25, -0.2) is 0 Å². The first-order chi connectivity index (χ1) is 14.1. The number of carbonyl (C=O) groups excluding carboxylic acids is 2. The minimum atomic E-state index is -0.282. The van der Waals surface area contributed by atoms with Crippen LogP contribution in [0.5, 0.6) is 11.5 Å². The van der Waals surface area contributed by atoms with Crippen molar-refractivity contribution in [1.82, 2.24) is 10.2 Å². The summed E-state index contributed by atoms with van der Waals surface area (Å²) in [4.78, 5) is 28.7. The molecule has 0 bridgehead atoms. The van der Waals surface area contributed by atoms with Crippen molar-refractivity contribution in [3.05, 3.63) is 54.1 Å². The Morgan fingerprint density at radius 1 is 0.931 bits per heavy atom. The minimum Gasteiger partial charge on any atom is -0.493 e. The Bertz CT molecular complexity index is 833. The monoisotopic (exact) mass is 397 g/mol. The number of hydrogen-bond acceptors (Lipinski definition) is 5. The smallest absolute Gasteiger partial charge is 0.232 e. The third-order valence-electron chi connectivity index (χ3n) is 5.00. The lowest BCUT2D eigenvalue weighted by molar-refractivity contribution is -0.136. The van der Waals surface area contributed by atoms with Crippen LogP contribution >= 0.6 is 0 Å². The van der Waals surface area contributed by atoms with Gasteiger partial charge in [0.1, 0.15) is 6.42 Å². The molecule has 2 aromatic carbocycles. The molecule has 0 saturated carbocycles. The summed E-state index contributed by atoms with van der Waals surface area (Å²) in [7, 11) is 3.14. The van der Waals surface area contributed by atoms with Crippen LogP contribution in [0.1, 0.15) is 12.0 Å². The molecule has 29 heavy (non-hydrogen) atoms. The molecular weight excluding hydrogens is 370 g/mol. The molecule has 1 heterocycles. The average molecular weight is 397 g/mol. The molecule has 3 rings (SSSR count). The fourth-order valence-corrected chi connectivity index (χ4v) is 3.36. The van der Waals surface area contributed by atoms with Crippen LogP contribution < -0.4 is 19.7 Å². The van der Waals surface area contributed by atoms with E-state index in [1.54, 1.807) is 25.2 Å². The van der Waals surface area contributed by atoms with E-state index in [1.807, 2.05) is 30.3 Å². The van der Waals surface area contributed by atoms with Crippen molar-refractivity contribution >= 4 is 17.5 Å². The summed E-state index contributed by atoms with van der Waals surface area (Å²) >= 11 is 0. The third-order valence-corrected chi connectivity index (χ3v) is 5.00. The zero-order valence-electron chi connectivity index (χ0n) is 16.9. The van der Waals surface area contributed by atoms with E-state index in [1.165, 1.54) is 0 Å². The Hall–Kier alpha value is -3.22. The number of carbonyl (C=O) groups is 2. The van der Waals surface area contributed by atoms with Crippen molar-refractivity contribution in [3.63, 3.8) is 0 Å². The summed E-state index contributed by atoms with van der Waals surface area (Å²) in [5.41, 5.74) is 2.03. The molecule has 1 aliphatic heterocycles. The molecule has 0 unspecified atom stereocenters. The van der Waals surface area contributed by atoms with Gasteiger partial charge in [0.15, 0.2) is 11.5 Å². The van der Waals surface area contributed by atoms with Crippen LogP contribution in [0.2, 0.25) is 0 Å². The van der Waals surface area contributed by atoms with E-state index in [0.717, 1.165) is 24.3 Å². The van der Waals surface area contributed by atoms with Gasteiger partial charge in [-0.3, -0.25) is 9.59 Å². The van der Waals surface area contributed by atoms with Gasteiger partial charge in [0, 0.05) is 38.4 Å². The number of amides is 2. The highest BCUT2D eigenvalue weighted by Crippen LogP contribution is 2.27. The zero-order valence-corrected chi connectivity index (χ0v) is 16.9. The maximum Gasteiger partial charge on any atom is 0.232 e. The Balaban J connectivity index is 1.44. The fourth-order valence-electron chi connectivity index (χ4n) is 3.36. The van der Waals surface area contributed by atoms with E-state index < -0.39 is 0 Å². The molecule has 2 aromatic rings. The Labute approximate surface area is 171 Å². The van der Waals surface area contributed by atoms with Gasteiger partial charge in [-0.05, 0) is 29.8 Å². The number of benzene rings is 2. The number of piperazine rings is 1. The van der Waals surface area contributed by atoms with Gasteiger partial charge in [0.2, 0.25) is 11.8 Å². The largest absolute Gasteiger partial charge is 0.493 e. The average Bonchev–Trinajstić information content (AvgIpc) is 2.78. The minimum absolute atomic E-state index is 0.137. The van der Waals surface area contributed by atoms with E-state index >= 15 is 0 Å². The number of ether oxygens (including phenoxy) is 2. The van der Waals surface area contributed by atoms with E-state index in [0.29, 0.717) is 31.1 Å². The lowest BCUT2D eigenvalue weighted by Crippen LogP contribution is -2.49. The van der Waals surface area contributed by atoms with Crippen LogP contribution in [0, 0.1) is 0 Å². The standard InChI is InChI=1S/C22H27N3O4/c1-28-19-9-8-17(14-20(19)29-2)16-23-21(26)15-22(27)25-12-10-24(11-13-25)18-6-4-3-5-7-18/h3-9,14H,10-13,15-16H2,1-2H3,(H,23,26). The number of nitrogens with zero attached hydrogens (tertiary/aromatic N) is 2. The lowest BCUT2D eigenvalue weighted by Gasteiger charge is -2.36. The molecule has 7 heteroatoms. The van der Waals surface area contributed by atoms with Crippen molar-refractivity contribution < 1.29 is 19.1 Å². The van der Waals surface area contributed by atoms with Crippen LogP contribution in [-0.2, 0) is 16.1 Å². The van der Waals surface area contributed by atoms with Gasteiger partial charge in [-0.15, -0.1) is 0 Å². The zero-order chi connectivity index (χ0) is 20.6. The SMILES string of the molecule is COc1ccc(CNC(=O)CC(=O)N2CCN(c3ccccc3)CC2)cc1OC. The summed E-state index contributed by atoms with van der Waals surface area (Å²) < 4.78 is 10.5. The topological polar surface area (TPSA) is 71.1 Å². The van der Waals surface area contributed by atoms with Crippen LogP contribution in [0.4, 0.5) is 5.69 Å². The summed E-state index contributed by atoms with van der Waals surface area (Å²) in [6, 6.07) is 15.6. The van der Waals surface area contributed by atoms with Gasteiger partial charge in [-0.2, -0.15) is 0 Å². The molecule has 154 valence electrons. The predicted molar refractivity (Wildman–Crippen MR) is 111 cm³/mol. The maximum absolute atomic E-state index is 12.5. The van der Waals surface area contributed by atoms with Crippen LogP contribution in [0.3, 0.4) is 0 Å². The number of anilines is 1. The fraction of sp³-hybridized carbons (Fsp3) is 0.364. The Morgan fingerprint density at radius 3 is 2.28 bits per heavy atom. The normalized spacial score (nSPS) is 13.7. The summed E-state index contributed by atoms with van der Waals surface area (Å²) in [5.74, 6) is 0.816. The molecule has 1 fully saturated rings. The number of hydrogen-bond donors (Lipinski definition) is 1. The van der Waals surface area contributed by atoms with Gasteiger partial charge < -0.3 is 24.6 Å². The highest BCUT2D eigenvalue weighted by atomic mass is 16.5. The summed E-state index contributed by atoms with van der Waals surface area (Å²) in [6.07, 6.45) is -0.140. The van der Waals surface area contributed by atoms with Crippen molar-refractivity contribution in [2.75, 3.05) is 45.3 Å². The Kier molecular flexibility index (Phi) is 6.94.